The first-order valence-electron chi connectivity index (χ1n) is 7.21. The predicted octanol–water partition coefficient (Wildman–Crippen LogP) is 5.86. The van der Waals surface area contributed by atoms with Crippen molar-refractivity contribution in [3.05, 3.63) is 0 Å². The molecule has 0 fully saturated rings. The number of nitrogens with zero attached hydrogens (tertiary/aromatic N) is 3. The minimum atomic E-state index is -2.37. The molecule has 0 amide bonds. The number of rotatable bonds is 7. The van der Waals surface area contributed by atoms with Crippen LogP contribution in [-0.4, -0.2) is 47.3 Å². The van der Waals surface area contributed by atoms with E-state index in [1.165, 1.54) is 0 Å². The van der Waals surface area contributed by atoms with Gasteiger partial charge in [-0.05, 0) is 19.6 Å². The lowest BCUT2D eigenvalue weighted by Gasteiger charge is -2.48. The molecule has 0 saturated heterocycles. The molecule has 0 aliphatic rings. The Hall–Kier alpha value is 1.24. The predicted molar refractivity (Wildman–Crippen MR) is 98.8 cm³/mol. The monoisotopic (exact) mass is 379 g/mol. The van der Waals surface area contributed by atoms with E-state index in [1.54, 1.807) is 0 Å². The van der Waals surface area contributed by atoms with Crippen LogP contribution in [0.5, 0.6) is 0 Å². The van der Waals surface area contributed by atoms with Gasteiger partial charge in [0.05, 0.1) is 0 Å². The van der Waals surface area contributed by atoms with Crippen molar-refractivity contribution in [2.75, 3.05) is 26.2 Å². The molecule has 3 nitrogen and oxygen atoms in total. The van der Waals surface area contributed by atoms with Crippen molar-refractivity contribution in [1.82, 2.24) is 9.34 Å². The van der Waals surface area contributed by atoms with Crippen LogP contribution in [0.25, 0.3) is 0 Å². The Bertz CT molecular complexity index is 329. The lowest BCUT2D eigenvalue weighted by atomic mass is 10.7. The Morgan fingerprint density at radius 1 is 0.850 bits per heavy atom. The molecule has 0 aliphatic heterocycles. The highest BCUT2D eigenvalue weighted by Crippen LogP contribution is 2.72. The summed E-state index contributed by atoms with van der Waals surface area (Å²) in [5.74, 6) is 0. The minimum Gasteiger partial charge on any atom is -0.309 e. The SMILES string of the molecule is CCN(CC)P(=N[Si](C)(C)C)(N(CC)CC)C(Cl)(Cl)Cl. The second kappa shape index (κ2) is 8.19. The van der Waals surface area contributed by atoms with Crippen molar-refractivity contribution < 1.29 is 0 Å². The Morgan fingerprint density at radius 3 is 1.30 bits per heavy atom. The summed E-state index contributed by atoms with van der Waals surface area (Å²) in [6, 6.07) is 0. The average molecular weight is 381 g/mol. The average Bonchev–Trinajstić information content (AvgIpc) is 2.28. The summed E-state index contributed by atoms with van der Waals surface area (Å²) in [6.07, 6.45) is 0. The molecule has 20 heavy (non-hydrogen) atoms. The van der Waals surface area contributed by atoms with Crippen LogP contribution in [0.2, 0.25) is 19.6 Å². The maximum atomic E-state index is 6.49. The Kier molecular flexibility index (Phi) is 8.70. The van der Waals surface area contributed by atoms with Crippen LogP contribution in [0.1, 0.15) is 27.7 Å². The van der Waals surface area contributed by atoms with Gasteiger partial charge in [-0.2, -0.15) is 0 Å². The Morgan fingerprint density at radius 2 is 1.15 bits per heavy atom. The normalized spacial score (nSPS) is 14.2. The molecular weight excluding hydrogens is 352 g/mol. The van der Waals surface area contributed by atoms with E-state index in [0.29, 0.717) is 0 Å². The van der Waals surface area contributed by atoms with Gasteiger partial charge in [-0.3, -0.25) is 9.34 Å². The van der Waals surface area contributed by atoms with E-state index in [-0.39, 0.29) is 0 Å². The van der Waals surface area contributed by atoms with Crippen molar-refractivity contribution in [3.63, 3.8) is 0 Å². The Labute approximate surface area is 141 Å². The van der Waals surface area contributed by atoms with E-state index in [2.05, 4.69) is 56.7 Å². The van der Waals surface area contributed by atoms with Crippen LogP contribution in [0.3, 0.4) is 0 Å². The third kappa shape index (κ3) is 4.87. The molecule has 0 aliphatic carbocycles. The molecule has 0 unspecified atom stereocenters. The quantitative estimate of drug-likeness (QED) is 0.313. The lowest BCUT2D eigenvalue weighted by Crippen LogP contribution is -2.39. The molecule has 0 heterocycles. The largest absolute Gasteiger partial charge is 0.309 e. The fourth-order valence-corrected chi connectivity index (χ4v) is 12.7. The van der Waals surface area contributed by atoms with Gasteiger partial charge >= 0.3 is 0 Å². The summed E-state index contributed by atoms with van der Waals surface area (Å²) >= 11 is 19.5. The van der Waals surface area contributed by atoms with Crippen molar-refractivity contribution >= 4 is 50.4 Å². The topological polar surface area (TPSA) is 18.8 Å². The molecule has 0 spiro atoms. The Balaban J connectivity index is 6.42. The summed E-state index contributed by atoms with van der Waals surface area (Å²) in [7, 11) is -4.13. The molecule has 0 rings (SSSR count). The highest BCUT2D eigenvalue weighted by Gasteiger charge is 2.49. The molecule has 0 bridgehead atoms. The van der Waals surface area contributed by atoms with Gasteiger partial charge in [-0.1, -0.05) is 62.5 Å². The third-order valence-corrected chi connectivity index (χ3v) is 12.0. The van der Waals surface area contributed by atoms with Gasteiger partial charge in [0.1, 0.15) is 7.36 Å². The lowest BCUT2D eigenvalue weighted by molar-refractivity contribution is 0.413. The van der Waals surface area contributed by atoms with E-state index in [0.717, 1.165) is 26.2 Å². The molecule has 0 N–H and O–H groups in total. The zero-order valence-corrected chi connectivity index (χ0v) is 17.9. The summed E-state index contributed by atoms with van der Waals surface area (Å²) in [4.78, 5) is 0. The molecule has 0 aromatic heterocycles. The van der Waals surface area contributed by atoms with Crippen LogP contribution in [-0.2, 0) is 0 Å². The van der Waals surface area contributed by atoms with E-state index in [1.807, 2.05) is 0 Å². The van der Waals surface area contributed by atoms with Crippen molar-refractivity contribution in [3.8, 4) is 0 Å². The fourth-order valence-electron chi connectivity index (χ4n) is 2.34. The van der Waals surface area contributed by atoms with Gasteiger partial charge < -0.3 is 4.41 Å². The number of hydrogen-bond acceptors (Lipinski definition) is 1. The van der Waals surface area contributed by atoms with E-state index in [9.17, 15) is 0 Å². The van der Waals surface area contributed by atoms with Crippen LogP contribution >= 0.6 is 42.2 Å². The first kappa shape index (κ1) is 21.2. The molecule has 8 heteroatoms. The third-order valence-electron chi connectivity index (χ3n) is 3.03. The van der Waals surface area contributed by atoms with Crippen molar-refractivity contribution in [2.45, 2.75) is 50.9 Å². The maximum Gasteiger partial charge on any atom is 0.249 e. The second-order valence-corrected chi connectivity index (χ2v) is 16.7. The van der Waals surface area contributed by atoms with Crippen LogP contribution in [0.15, 0.2) is 4.41 Å². The number of hydrogen-bond donors (Lipinski definition) is 0. The zero-order chi connectivity index (χ0) is 16.2. The van der Waals surface area contributed by atoms with Gasteiger partial charge in [0, 0.05) is 26.2 Å². The van der Waals surface area contributed by atoms with Crippen LogP contribution in [0.4, 0.5) is 0 Å². The smallest absolute Gasteiger partial charge is 0.249 e. The summed E-state index contributed by atoms with van der Waals surface area (Å²) in [5.41, 5.74) is 0. The highest BCUT2D eigenvalue weighted by molar-refractivity contribution is 7.70. The molecule has 0 aromatic rings. The first-order valence-corrected chi connectivity index (χ1v) is 13.4. The van der Waals surface area contributed by atoms with E-state index >= 15 is 0 Å². The summed E-state index contributed by atoms with van der Waals surface area (Å²) < 4.78 is 8.36. The fraction of sp³-hybridized carbons (Fsp3) is 1.00. The molecule has 0 saturated carbocycles. The zero-order valence-electron chi connectivity index (χ0n) is 13.8. The molecule has 0 atom stereocenters. The van der Waals surface area contributed by atoms with E-state index < -0.39 is 19.1 Å². The van der Waals surface area contributed by atoms with Crippen molar-refractivity contribution in [2.24, 2.45) is 4.41 Å². The van der Waals surface area contributed by atoms with Crippen LogP contribution < -0.4 is 0 Å². The number of alkyl halides is 3. The van der Waals surface area contributed by atoms with Gasteiger partial charge in [-0.15, -0.1) is 0 Å². The van der Waals surface area contributed by atoms with Gasteiger partial charge in [0.25, 0.3) is 0 Å². The van der Waals surface area contributed by atoms with Gasteiger partial charge in [0.2, 0.25) is 3.53 Å². The van der Waals surface area contributed by atoms with Crippen LogP contribution in [0, 0.1) is 0 Å². The first-order chi connectivity index (χ1) is 9.00. The molecule has 0 aromatic carbocycles. The number of halogens is 3. The summed E-state index contributed by atoms with van der Waals surface area (Å²) in [6.45, 7) is 18.4. The van der Waals surface area contributed by atoms with Crippen molar-refractivity contribution in [1.29, 1.82) is 0 Å². The molecule has 0 radical (unpaired) electrons. The second-order valence-electron chi connectivity index (χ2n) is 5.58. The molecule has 122 valence electrons. The van der Waals surface area contributed by atoms with E-state index in [4.69, 9.17) is 39.2 Å². The summed E-state index contributed by atoms with van der Waals surface area (Å²) in [5, 5.41) is 0. The minimum absolute atomic E-state index is 0.836. The maximum absolute atomic E-state index is 6.49. The van der Waals surface area contributed by atoms with Gasteiger partial charge in [0.15, 0.2) is 8.24 Å². The standard InChI is InChI=1S/C12H29Cl3N3PSi/c1-8-17(9-2)19(12(13,14)15,16-20(5,6)7)18(10-3)11-4/h8-11H2,1-7H3. The molecular formula is C12H29Cl3N3PSi. The highest BCUT2D eigenvalue weighted by atomic mass is 35.6. The van der Waals surface area contributed by atoms with Gasteiger partial charge in [-0.25, -0.2) is 0 Å².